The van der Waals surface area contributed by atoms with Gasteiger partial charge in [-0.1, -0.05) is 28.1 Å². The zero-order chi connectivity index (χ0) is 13.0. The number of nitrogens with one attached hydrogen (secondary N) is 3. The number of rotatable bonds is 2. The standard InChI is InChI=1S/C14H18BrN3O/c15-12-3-1-11(2-4-12)13(19)14-5-16-8-17(6-14)10-18(7-14)9-16/h1-4,13,19H,5-10H2/p+3/t13-/m1/s1. The van der Waals surface area contributed by atoms with Gasteiger partial charge in [-0.15, -0.1) is 0 Å². The molecular formula is C14H21BrN3O+3. The molecule has 0 unspecified atom stereocenters. The minimum atomic E-state index is -0.318. The third kappa shape index (κ3) is 1.96. The van der Waals surface area contributed by atoms with Crippen LogP contribution in [0.5, 0.6) is 0 Å². The van der Waals surface area contributed by atoms with Crippen molar-refractivity contribution in [2.75, 3.05) is 39.6 Å². The van der Waals surface area contributed by atoms with E-state index in [1.807, 2.05) is 12.1 Å². The maximum Gasteiger partial charge on any atom is 0.213 e. The van der Waals surface area contributed by atoms with Crippen LogP contribution in [0.4, 0.5) is 0 Å². The molecule has 1 aromatic rings. The summed E-state index contributed by atoms with van der Waals surface area (Å²) in [6, 6.07) is 8.19. The van der Waals surface area contributed by atoms with Crippen molar-refractivity contribution >= 4 is 15.9 Å². The summed E-state index contributed by atoms with van der Waals surface area (Å²) in [5.74, 6) is 0. The first kappa shape index (κ1) is 12.3. The van der Waals surface area contributed by atoms with E-state index >= 15 is 0 Å². The molecule has 4 heterocycles. The number of hydrogen-bond donors (Lipinski definition) is 4. The molecule has 5 heteroatoms. The van der Waals surface area contributed by atoms with E-state index in [-0.39, 0.29) is 11.5 Å². The highest BCUT2D eigenvalue weighted by Crippen LogP contribution is 2.33. The SMILES string of the molecule is O[C@H](c1ccc(Br)cc1)C12C[NH+]3C[NH+](C[NH+](C3)C1)C2. The smallest absolute Gasteiger partial charge is 0.213 e. The Balaban J connectivity index is 1.65. The zero-order valence-electron chi connectivity index (χ0n) is 11.0. The largest absolute Gasteiger partial charge is 0.387 e. The van der Waals surface area contributed by atoms with Gasteiger partial charge in [0, 0.05) is 4.47 Å². The fourth-order valence-electron chi connectivity index (χ4n) is 4.59. The van der Waals surface area contributed by atoms with Crippen LogP contribution in [-0.4, -0.2) is 44.7 Å². The summed E-state index contributed by atoms with van der Waals surface area (Å²) in [7, 11) is 0. The molecule has 4 aliphatic heterocycles. The van der Waals surface area contributed by atoms with E-state index < -0.39 is 0 Å². The highest BCUT2D eigenvalue weighted by atomic mass is 79.9. The van der Waals surface area contributed by atoms with Crippen LogP contribution < -0.4 is 14.7 Å². The molecule has 0 aliphatic carbocycles. The van der Waals surface area contributed by atoms with Crippen molar-refractivity contribution in [2.24, 2.45) is 5.41 Å². The number of quaternary nitrogens is 3. The first-order valence-electron chi connectivity index (χ1n) is 7.09. The zero-order valence-corrected chi connectivity index (χ0v) is 12.5. The molecule has 0 saturated carbocycles. The first-order valence-corrected chi connectivity index (χ1v) is 7.88. The second kappa shape index (κ2) is 4.27. The topological polar surface area (TPSA) is 33.6 Å². The van der Waals surface area contributed by atoms with Crippen LogP contribution in [0.1, 0.15) is 11.7 Å². The average Bonchev–Trinajstić information content (AvgIpc) is 2.37. The third-order valence-corrected chi connectivity index (χ3v) is 5.60. The van der Waals surface area contributed by atoms with Crippen molar-refractivity contribution in [3.05, 3.63) is 34.3 Å². The Morgan fingerprint density at radius 1 is 0.947 bits per heavy atom. The van der Waals surface area contributed by atoms with Crippen molar-refractivity contribution < 1.29 is 19.8 Å². The van der Waals surface area contributed by atoms with Gasteiger partial charge in [0.15, 0.2) is 0 Å². The lowest BCUT2D eigenvalue weighted by atomic mass is 9.74. The Hall–Kier alpha value is -0.460. The maximum absolute atomic E-state index is 10.9. The third-order valence-electron chi connectivity index (χ3n) is 5.07. The summed E-state index contributed by atoms with van der Waals surface area (Å²) < 4.78 is 1.08. The molecule has 0 aromatic heterocycles. The Bertz CT molecular complexity index is 455. The molecule has 4 fully saturated rings. The molecule has 4 aliphatic rings. The molecule has 4 N–H and O–H groups in total. The van der Waals surface area contributed by atoms with Gasteiger partial charge in [0.1, 0.15) is 31.2 Å². The van der Waals surface area contributed by atoms with Crippen LogP contribution in [0.3, 0.4) is 0 Å². The molecule has 1 atom stereocenters. The van der Waals surface area contributed by atoms with Gasteiger partial charge in [-0.3, -0.25) is 0 Å². The Morgan fingerprint density at radius 2 is 1.42 bits per heavy atom. The lowest BCUT2D eigenvalue weighted by Crippen LogP contribution is -3.55. The van der Waals surface area contributed by atoms with Crippen LogP contribution in [0.15, 0.2) is 28.7 Å². The van der Waals surface area contributed by atoms with Crippen LogP contribution in [-0.2, 0) is 0 Å². The van der Waals surface area contributed by atoms with E-state index in [9.17, 15) is 5.11 Å². The highest BCUT2D eigenvalue weighted by molar-refractivity contribution is 9.10. The monoisotopic (exact) mass is 326 g/mol. The van der Waals surface area contributed by atoms with Crippen LogP contribution >= 0.6 is 15.9 Å². The number of benzene rings is 1. The van der Waals surface area contributed by atoms with Crippen molar-refractivity contribution in [1.29, 1.82) is 0 Å². The quantitative estimate of drug-likeness (QED) is 0.460. The second-order valence-electron chi connectivity index (χ2n) is 6.63. The van der Waals surface area contributed by atoms with Crippen LogP contribution in [0.25, 0.3) is 0 Å². The van der Waals surface area contributed by atoms with Crippen molar-refractivity contribution in [1.82, 2.24) is 0 Å². The van der Waals surface area contributed by atoms with E-state index in [4.69, 9.17) is 0 Å². The summed E-state index contributed by atoms with van der Waals surface area (Å²) >= 11 is 3.46. The highest BCUT2D eigenvalue weighted by Gasteiger charge is 2.60. The van der Waals surface area contributed by atoms with Gasteiger partial charge in [0.2, 0.25) is 20.0 Å². The van der Waals surface area contributed by atoms with Crippen molar-refractivity contribution in [3.63, 3.8) is 0 Å². The molecule has 4 nitrogen and oxygen atoms in total. The van der Waals surface area contributed by atoms with Gasteiger partial charge in [-0.2, -0.15) is 0 Å². The number of halogens is 1. The van der Waals surface area contributed by atoms with Gasteiger partial charge in [0.05, 0.1) is 0 Å². The van der Waals surface area contributed by atoms with Gasteiger partial charge in [0.25, 0.3) is 0 Å². The van der Waals surface area contributed by atoms with E-state index in [0.29, 0.717) is 0 Å². The average molecular weight is 327 g/mol. The fraction of sp³-hybridized carbons (Fsp3) is 0.571. The van der Waals surface area contributed by atoms with E-state index in [1.165, 1.54) is 20.0 Å². The molecular weight excluding hydrogens is 306 g/mol. The predicted molar refractivity (Wildman–Crippen MR) is 73.6 cm³/mol. The van der Waals surface area contributed by atoms with Gasteiger partial charge in [-0.25, -0.2) is 14.7 Å². The lowest BCUT2D eigenvalue weighted by Gasteiger charge is -2.53. The Kier molecular flexibility index (Phi) is 2.76. The van der Waals surface area contributed by atoms with Crippen molar-refractivity contribution in [3.8, 4) is 0 Å². The van der Waals surface area contributed by atoms with Gasteiger partial charge >= 0.3 is 0 Å². The molecule has 19 heavy (non-hydrogen) atoms. The molecule has 102 valence electrons. The fourth-order valence-corrected chi connectivity index (χ4v) is 4.86. The molecule has 4 saturated heterocycles. The number of aliphatic hydroxyl groups excluding tert-OH is 1. The Morgan fingerprint density at radius 3 is 1.89 bits per heavy atom. The summed E-state index contributed by atoms with van der Waals surface area (Å²) in [6.45, 7) is 7.15. The molecule has 5 rings (SSSR count). The lowest BCUT2D eigenvalue weighted by molar-refractivity contribution is -1.30. The maximum atomic E-state index is 10.9. The van der Waals surface area contributed by atoms with Crippen LogP contribution in [0.2, 0.25) is 0 Å². The molecule has 1 aromatic carbocycles. The summed E-state index contributed by atoms with van der Waals surface area (Å²) in [4.78, 5) is 5.01. The van der Waals surface area contributed by atoms with E-state index in [0.717, 1.165) is 29.7 Å². The summed E-state index contributed by atoms with van der Waals surface area (Å²) in [6.07, 6.45) is -0.318. The normalized spacial score (nSPS) is 41.5. The van der Waals surface area contributed by atoms with E-state index in [2.05, 4.69) is 28.1 Å². The van der Waals surface area contributed by atoms with Crippen molar-refractivity contribution in [2.45, 2.75) is 6.10 Å². The molecule has 0 amide bonds. The first-order chi connectivity index (χ1) is 9.14. The minimum absolute atomic E-state index is 0.0859. The summed E-state index contributed by atoms with van der Waals surface area (Å²) in [5, 5.41) is 10.9. The molecule has 0 spiro atoms. The second-order valence-corrected chi connectivity index (χ2v) is 7.54. The number of aliphatic hydroxyl groups is 1. The summed E-state index contributed by atoms with van der Waals surface area (Å²) in [5.41, 5.74) is 1.16. The van der Waals surface area contributed by atoms with Crippen LogP contribution in [0, 0.1) is 5.41 Å². The van der Waals surface area contributed by atoms with Gasteiger partial charge in [-0.05, 0) is 17.7 Å². The predicted octanol–water partition coefficient (Wildman–Crippen LogP) is -2.96. The molecule has 4 bridgehead atoms. The number of hydrogen-bond acceptors (Lipinski definition) is 1. The van der Waals surface area contributed by atoms with E-state index in [1.54, 1.807) is 14.7 Å². The van der Waals surface area contributed by atoms with Gasteiger partial charge < -0.3 is 5.11 Å². The minimum Gasteiger partial charge on any atom is -0.387 e. The molecule has 0 radical (unpaired) electrons. The Labute approximate surface area is 121 Å².